The molecule has 1 aromatic rings. The van der Waals surface area contributed by atoms with Crippen LogP contribution in [0.4, 0.5) is 0 Å². The average Bonchev–Trinajstić information content (AvgIpc) is 2.44. The Bertz CT molecular complexity index is 442. The molecule has 1 aromatic carbocycles. The lowest BCUT2D eigenvalue weighted by Crippen LogP contribution is -2.47. The van der Waals surface area contributed by atoms with Gasteiger partial charge < -0.3 is 15.0 Å². The Balaban J connectivity index is 1.81. The third-order valence-electron chi connectivity index (χ3n) is 3.56. The van der Waals surface area contributed by atoms with Crippen LogP contribution in [0, 0.1) is 0 Å². The summed E-state index contributed by atoms with van der Waals surface area (Å²) < 4.78 is 6.64. The van der Waals surface area contributed by atoms with Crippen molar-refractivity contribution in [3.05, 3.63) is 28.7 Å². The molecule has 5 heteroatoms. The summed E-state index contributed by atoms with van der Waals surface area (Å²) >= 11 is 3.37. The average molecular weight is 341 g/mol. The number of hydrogen-bond acceptors (Lipinski definition) is 3. The fourth-order valence-corrected chi connectivity index (χ4v) is 2.51. The first-order valence-corrected chi connectivity index (χ1v) is 7.75. The van der Waals surface area contributed by atoms with Gasteiger partial charge in [-0.05, 0) is 64.2 Å². The molecule has 1 saturated heterocycles. The summed E-state index contributed by atoms with van der Waals surface area (Å²) in [6, 6.07) is 7.77. The number of carbonyl (C=O) groups is 1. The quantitative estimate of drug-likeness (QED) is 0.915. The number of carbonyl (C=O) groups excluding carboxylic acids is 1. The first kappa shape index (κ1) is 15.3. The molecule has 1 amide bonds. The van der Waals surface area contributed by atoms with Gasteiger partial charge in [0, 0.05) is 10.5 Å². The number of nitrogens with one attached hydrogen (secondary N) is 1. The van der Waals surface area contributed by atoms with E-state index in [2.05, 4.69) is 33.2 Å². The van der Waals surface area contributed by atoms with Crippen molar-refractivity contribution in [3.63, 3.8) is 0 Å². The topological polar surface area (TPSA) is 41.6 Å². The van der Waals surface area contributed by atoms with E-state index < -0.39 is 6.10 Å². The number of ether oxygens (including phenoxy) is 1. The van der Waals surface area contributed by atoms with Crippen LogP contribution < -0.4 is 10.1 Å². The van der Waals surface area contributed by atoms with E-state index in [1.807, 2.05) is 24.3 Å². The van der Waals surface area contributed by atoms with Gasteiger partial charge >= 0.3 is 0 Å². The highest BCUT2D eigenvalue weighted by Gasteiger charge is 2.22. The van der Waals surface area contributed by atoms with E-state index in [-0.39, 0.29) is 11.9 Å². The normalized spacial score (nSPS) is 18.6. The summed E-state index contributed by atoms with van der Waals surface area (Å²) in [5.74, 6) is 0.668. The van der Waals surface area contributed by atoms with E-state index in [1.54, 1.807) is 6.92 Å². The number of rotatable bonds is 4. The Labute approximate surface area is 128 Å². The highest BCUT2D eigenvalue weighted by Crippen LogP contribution is 2.17. The van der Waals surface area contributed by atoms with Gasteiger partial charge in [0.15, 0.2) is 6.10 Å². The lowest BCUT2D eigenvalue weighted by molar-refractivity contribution is -0.128. The molecule has 0 bridgehead atoms. The van der Waals surface area contributed by atoms with Crippen molar-refractivity contribution in [2.45, 2.75) is 31.9 Å². The molecule has 1 fully saturated rings. The second kappa shape index (κ2) is 7.09. The molecule has 1 aliphatic heterocycles. The molecule has 4 nitrogen and oxygen atoms in total. The third kappa shape index (κ3) is 4.49. The Morgan fingerprint density at radius 2 is 1.95 bits per heavy atom. The zero-order valence-corrected chi connectivity index (χ0v) is 13.5. The number of nitrogens with zero attached hydrogens (tertiary/aromatic N) is 1. The lowest BCUT2D eigenvalue weighted by atomic mass is 10.1. The van der Waals surface area contributed by atoms with Gasteiger partial charge in [0.05, 0.1) is 0 Å². The van der Waals surface area contributed by atoms with Crippen LogP contribution in [-0.2, 0) is 4.79 Å². The number of benzene rings is 1. The molecular formula is C15H21BrN2O2. The van der Waals surface area contributed by atoms with Gasteiger partial charge in [-0.2, -0.15) is 0 Å². The first-order chi connectivity index (χ1) is 9.54. The summed E-state index contributed by atoms with van der Waals surface area (Å²) in [4.78, 5) is 14.4. The zero-order chi connectivity index (χ0) is 14.5. The Morgan fingerprint density at radius 1 is 1.35 bits per heavy atom. The molecule has 0 saturated carbocycles. The second-order valence-electron chi connectivity index (χ2n) is 5.30. The molecule has 0 aliphatic carbocycles. The molecule has 0 aromatic heterocycles. The highest BCUT2D eigenvalue weighted by molar-refractivity contribution is 9.10. The van der Waals surface area contributed by atoms with Crippen LogP contribution in [0.1, 0.15) is 19.8 Å². The van der Waals surface area contributed by atoms with Crippen molar-refractivity contribution in [2.24, 2.45) is 0 Å². The van der Waals surface area contributed by atoms with Gasteiger partial charge in [0.1, 0.15) is 5.75 Å². The fourth-order valence-electron chi connectivity index (χ4n) is 2.24. The first-order valence-electron chi connectivity index (χ1n) is 6.96. The summed E-state index contributed by atoms with van der Waals surface area (Å²) in [6.07, 6.45) is 1.54. The van der Waals surface area contributed by atoms with Crippen molar-refractivity contribution in [2.75, 3.05) is 20.1 Å². The number of halogens is 1. The van der Waals surface area contributed by atoms with E-state index in [9.17, 15) is 4.79 Å². The maximum Gasteiger partial charge on any atom is 0.260 e. The molecule has 1 aliphatic rings. The second-order valence-corrected chi connectivity index (χ2v) is 6.22. The van der Waals surface area contributed by atoms with Crippen molar-refractivity contribution >= 4 is 21.8 Å². The van der Waals surface area contributed by atoms with Gasteiger partial charge in [-0.25, -0.2) is 0 Å². The minimum absolute atomic E-state index is 0.0394. The smallest absolute Gasteiger partial charge is 0.260 e. The molecule has 20 heavy (non-hydrogen) atoms. The van der Waals surface area contributed by atoms with Gasteiger partial charge in [0.2, 0.25) is 0 Å². The minimum atomic E-state index is -0.476. The molecular weight excluding hydrogens is 320 g/mol. The third-order valence-corrected chi connectivity index (χ3v) is 4.09. The number of likely N-dealkylation sites (tertiary alicyclic amines) is 1. The Morgan fingerprint density at radius 3 is 2.55 bits per heavy atom. The summed E-state index contributed by atoms with van der Waals surface area (Å²) in [6.45, 7) is 3.85. The highest BCUT2D eigenvalue weighted by atomic mass is 79.9. The maximum absolute atomic E-state index is 12.1. The number of hydrogen-bond donors (Lipinski definition) is 1. The maximum atomic E-state index is 12.1. The van der Waals surface area contributed by atoms with Crippen molar-refractivity contribution in [1.82, 2.24) is 10.2 Å². The molecule has 0 unspecified atom stereocenters. The van der Waals surface area contributed by atoms with Crippen molar-refractivity contribution in [1.29, 1.82) is 0 Å². The predicted molar refractivity (Wildman–Crippen MR) is 82.9 cm³/mol. The molecule has 0 radical (unpaired) electrons. The van der Waals surface area contributed by atoms with Crippen LogP contribution in [0.2, 0.25) is 0 Å². The summed E-state index contributed by atoms with van der Waals surface area (Å²) in [5.41, 5.74) is 0. The molecule has 0 spiro atoms. The van der Waals surface area contributed by atoms with E-state index >= 15 is 0 Å². The van der Waals surface area contributed by atoms with E-state index in [4.69, 9.17) is 4.74 Å². The molecule has 110 valence electrons. The van der Waals surface area contributed by atoms with Crippen LogP contribution in [-0.4, -0.2) is 43.1 Å². The van der Waals surface area contributed by atoms with Crippen LogP contribution in [0.15, 0.2) is 28.7 Å². The van der Waals surface area contributed by atoms with Crippen LogP contribution in [0.3, 0.4) is 0 Å². The van der Waals surface area contributed by atoms with Crippen molar-refractivity contribution < 1.29 is 9.53 Å². The fraction of sp³-hybridized carbons (Fsp3) is 0.533. The Hall–Kier alpha value is -1.07. The monoisotopic (exact) mass is 340 g/mol. The van der Waals surface area contributed by atoms with E-state index in [1.165, 1.54) is 0 Å². The van der Waals surface area contributed by atoms with Gasteiger partial charge in [0.25, 0.3) is 5.91 Å². The number of amides is 1. The van der Waals surface area contributed by atoms with Gasteiger partial charge in [-0.3, -0.25) is 4.79 Å². The van der Waals surface area contributed by atoms with Crippen LogP contribution in [0.5, 0.6) is 5.75 Å². The zero-order valence-electron chi connectivity index (χ0n) is 11.9. The van der Waals surface area contributed by atoms with Gasteiger partial charge in [-0.15, -0.1) is 0 Å². The summed E-state index contributed by atoms with van der Waals surface area (Å²) in [7, 11) is 2.11. The number of piperidine rings is 1. The molecule has 1 heterocycles. The molecule has 1 atom stereocenters. The van der Waals surface area contributed by atoms with E-state index in [0.29, 0.717) is 5.75 Å². The standard InChI is InChI=1S/C15H21BrN2O2/c1-11(20-14-5-3-12(16)4-6-14)15(19)17-13-7-9-18(2)10-8-13/h3-6,11,13H,7-10H2,1-2H3,(H,17,19)/t11-/m0/s1. The Kier molecular flexibility index (Phi) is 5.43. The SMILES string of the molecule is C[C@H](Oc1ccc(Br)cc1)C(=O)NC1CCN(C)CC1. The lowest BCUT2D eigenvalue weighted by Gasteiger charge is -2.30. The summed E-state index contributed by atoms with van der Waals surface area (Å²) in [5, 5.41) is 3.07. The van der Waals surface area contributed by atoms with Crippen molar-refractivity contribution in [3.8, 4) is 5.75 Å². The molecule has 1 N–H and O–H groups in total. The molecule has 2 rings (SSSR count). The van der Waals surface area contributed by atoms with Gasteiger partial charge in [-0.1, -0.05) is 15.9 Å². The minimum Gasteiger partial charge on any atom is -0.481 e. The largest absolute Gasteiger partial charge is 0.481 e. The van der Waals surface area contributed by atoms with Crippen LogP contribution in [0.25, 0.3) is 0 Å². The predicted octanol–water partition coefficient (Wildman–Crippen LogP) is 2.43. The van der Waals surface area contributed by atoms with Crippen LogP contribution >= 0.6 is 15.9 Å². The van der Waals surface area contributed by atoms with E-state index in [0.717, 1.165) is 30.4 Å².